The predicted molar refractivity (Wildman–Crippen MR) is 79.2 cm³/mol. The van der Waals surface area contributed by atoms with Crippen LogP contribution in [-0.4, -0.2) is 49.5 Å². The van der Waals surface area contributed by atoms with Crippen LogP contribution in [0.1, 0.15) is 29.8 Å². The lowest BCUT2D eigenvalue weighted by Crippen LogP contribution is -2.40. The predicted octanol–water partition coefficient (Wildman–Crippen LogP) is 1.27. The second-order valence-electron chi connectivity index (χ2n) is 4.73. The molecule has 0 radical (unpaired) electrons. The maximum Gasteiger partial charge on any atom is 0.338 e. The Labute approximate surface area is 129 Å². The van der Waals surface area contributed by atoms with Gasteiger partial charge in [-0.25, -0.2) is 13.2 Å². The van der Waals surface area contributed by atoms with Crippen molar-refractivity contribution in [3.8, 4) is 0 Å². The second-order valence-corrected chi connectivity index (χ2v) is 6.73. The first-order chi connectivity index (χ1) is 10.1. The normalized spacial score (nSPS) is 13.0. The van der Waals surface area contributed by atoms with Crippen LogP contribution in [0, 0.1) is 6.92 Å². The molecule has 0 fully saturated rings. The number of likely N-dealkylation sites (N-methyl/N-ethyl adjacent to an activating group) is 1. The van der Waals surface area contributed by atoms with Gasteiger partial charge in [0, 0.05) is 7.05 Å². The van der Waals surface area contributed by atoms with Gasteiger partial charge in [0.05, 0.1) is 17.1 Å². The van der Waals surface area contributed by atoms with Gasteiger partial charge in [0.15, 0.2) is 0 Å². The van der Waals surface area contributed by atoms with Gasteiger partial charge < -0.3 is 9.84 Å². The number of carbonyl (C=O) groups excluding carboxylic acids is 1. The quantitative estimate of drug-likeness (QED) is 0.789. The first kappa shape index (κ1) is 18.1. The Morgan fingerprint density at radius 2 is 1.95 bits per heavy atom. The topological polar surface area (TPSA) is 101 Å². The number of hydrogen-bond acceptors (Lipinski definition) is 5. The van der Waals surface area contributed by atoms with Gasteiger partial charge in [-0.15, -0.1) is 0 Å². The minimum atomic E-state index is -4.03. The molecule has 8 heteroatoms. The number of rotatable bonds is 6. The van der Waals surface area contributed by atoms with Gasteiger partial charge in [-0.1, -0.05) is 6.07 Å². The highest BCUT2D eigenvalue weighted by Gasteiger charge is 2.30. The summed E-state index contributed by atoms with van der Waals surface area (Å²) in [4.78, 5) is 22.6. The fourth-order valence-electron chi connectivity index (χ4n) is 1.72. The van der Waals surface area contributed by atoms with Gasteiger partial charge in [0.25, 0.3) is 0 Å². The van der Waals surface area contributed by atoms with E-state index in [0.717, 1.165) is 4.31 Å². The number of ether oxygens (including phenoxy) is 1. The van der Waals surface area contributed by atoms with E-state index in [2.05, 4.69) is 0 Å². The highest BCUT2D eigenvalue weighted by Crippen LogP contribution is 2.21. The van der Waals surface area contributed by atoms with Gasteiger partial charge in [0.1, 0.15) is 6.04 Å². The van der Waals surface area contributed by atoms with Crippen LogP contribution in [0.15, 0.2) is 23.1 Å². The van der Waals surface area contributed by atoms with Crippen molar-refractivity contribution in [3.05, 3.63) is 29.3 Å². The van der Waals surface area contributed by atoms with E-state index < -0.39 is 28.0 Å². The smallest absolute Gasteiger partial charge is 0.338 e. The molecular weight excluding hydrogens is 310 g/mol. The molecule has 1 aromatic carbocycles. The molecule has 0 heterocycles. The van der Waals surface area contributed by atoms with Crippen molar-refractivity contribution in [1.82, 2.24) is 4.31 Å². The van der Waals surface area contributed by atoms with Crippen molar-refractivity contribution < 1.29 is 27.9 Å². The monoisotopic (exact) mass is 329 g/mol. The summed E-state index contributed by atoms with van der Waals surface area (Å²) in [6, 6.07) is 2.79. The van der Waals surface area contributed by atoms with Crippen molar-refractivity contribution in [2.45, 2.75) is 31.7 Å². The third kappa shape index (κ3) is 3.63. The molecule has 1 atom stereocenters. The zero-order valence-corrected chi connectivity index (χ0v) is 13.7. The highest BCUT2D eigenvalue weighted by atomic mass is 32.2. The third-order valence-corrected chi connectivity index (χ3v) is 5.21. The number of esters is 1. The Morgan fingerprint density at radius 1 is 1.36 bits per heavy atom. The van der Waals surface area contributed by atoms with Gasteiger partial charge in [0.2, 0.25) is 10.0 Å². The summed E-state index contributed by atoms with van der Waals surface area (Å²) in [5.74, 6) is -1.88. The SMILES string of the molecule is CCOC(=O)c1cc(S(=O)(=O)N(C)C(C)C(=O)O)ccc1C. The number of carboxylic acid groups (broad SMARTS) is 1. The van der Waals surface area contributed by atoms with Crippen LogP contribution in [-0.2, 0) is 19.6 Å². The number of carbonyl (C=O) groups is 2. The average molecular weight is 329 g/mol. The maximum absolute atomic E-state index is 12.4. The molecule has 0 aliphatic rings. The highest BCUT2D eigenvalue weighted by molar-refractivity contribution is 7.89. The zero-order chi connectivity index (χ0) is 17.1. The number of nitrogens with zero attached hydrogens (tertiary/aromatic N) is 1. The molecule has 0 bridgehead atoms. The summed E-state index contributed by atoms with van der Waals surface area (Å²) >= 11 is 0. The van der Waals surface area contributed by atoms with Crippen LogP contribution >= 0.6 is 0 Å². The summed E-state index contributed by atoms with van der Waals surface area (Å²) in [6.45, 7) is 4.74. The number of sulfonamides is 1. The lowest BCUT2D eigenvalue weighted by molar-refractivity contribution is -0.140. The van der Waals surface area contributed by atoms with E-state index in [1.54, 1.807) is 13.8 Å². The molecule has 7 nitrogen and oxygen atoms in total. The number of benzene rings is 1. The minimum Gasteiger partial charge on any atom is -0.480 e. The van der Waals surface area contributed by atoms with Gasteiger partial charge in [-0.3, -0.25) is 4.79 Å². The number of hydrogen-bond donors (Lipinski definition) is 1. The van der Waals surface area contributed by atoms with E-state index in [4.69, 9.17) is 9.84 Å². The standard InChI is InChI=1S/C14H19NO6S/c1-5-21-14(18)12-8-11(7-6-9(12)2)22(19,20)15(4)10(3)13(16)17/h6-8,10H,5H2,1-4H3,(H,16,17). The van der Waals surface area contributed by atoms with E-state index >= 15 is 0 Å². The summed E-state index contributed by atoms with van der Waals surface area (Å²) in [5.41, 5.74) is 0.714. The Balaban J connectivity index is 3.29. The van der Waals surface area contributed by atoms with Crippen molar-refractivity contribution in [3.63, 3.8) is 0 Å². The Hall–Kier alpha value is -1.93. The van der Waals surface area contributed by atoms with Crippen LogP contribution < -0.4 is 0 Å². The van der Waals surface area contributed by atoms with Gasteiger partial charge >= 0.3 is 11.9 Å². The van der Waals surface area contributed by atoms with E-state index in [1.807, 2.05) is 0 Å². The van der Waals surface area contributed by atoms with Crippen LogP contribution in [0.3, 0.4) is 0 Å². The lowest BCUT2D eigenvalue weighted by Gasteiger charge is -2.21. The Bertz CT molecular complexity index is 683. The molecule has 22 heavy (non-hydrogen) atoms. The second kappa shape index (κ2) is 6.89. The van der Waals surface area contributed by atoms with Gasteiger partial charge in [-0.2, -0.15) is 4.31 Å². The van der Waals surface area contributed by atoms with E-state index in [1.165, 1.54) is 32.2 Å². The fourth-order valence-corrected chi connectivity index (χ4v) is 3.07. The van der Waals surface area contributed by atoms with Crippen molar-refractivity contribution in [2.75, 3.05) is 13.7 Å². The molecular formula is C14H19NO6S. The van der Waals surface area contributed by atoms with Crippen molar-refractivity contribution in [1.29, 1.82) is 0 Å². The molecule has 1 rings (SSSR count). The van der Waals surface area contributed by atoms with Crippen LogP contribution in [0.4, 0.5) is 0 Å². The number of aliphatic carboxylic acids is 1. The van der Waals surface area contributed by atoms with Crippen LogP contribution in [0.5, 0.6) is 0 Å². The maximum atomic E-state index is 12.4. The average Bonchev–Trinajstić information content (AvgIpc) is 2.45. The molecule has 1 aromatic rings. The summed E-state index contributed by atoms with van der Waals surface area (Å²) in [7, 11) is -2.85. The Kier molecular flexibility index (Phi) is 5.67. The van der Waals surface area contributed by atoms with Gasteiger partial charge in [-0.05, 0) is 38.5 Å². The summed E-state index contributed by atoms with van der Waals surface area (Å²) in [5, 5.41) is 8.94. The molecule has 0 aliphatic carbocycles. The molecule has 0 amide bonds. The van der Waals surface area contributed by atoms with Crippen molar-refractivity contribution in [2.24, 2.45) is 0 Å². The molecule has 0 saturated heterocycles. The Morgan fingerprint density at radius 3 is 2.45 bits per heavy atom. The first-order valence-electron chi connectivity index (χ1n) is 6.61. The van der Waals surface area contributed by atoms with Crippen LogP contribution in [0.25, 0.3) is 0 Å². The van der Waals surface area contributed by atoms with Crippen molar-refractivity contribution >= 4 is 22.0 Å². The molecule has 0 spiro atoms. The summed E-state index contributed by atoms with van der Waals surface area (Å²) in [6.07, 6.45) is 0. The van der Waals surface area contributed by atoms with Crippen LogP contribution in [0.2, 0.25) is 0 Å². The molecule has 0 saturated carbocycles. The summed E-state index contributed by atoms with van der Waals surface area (Å²) < 4.78 is 30.5. The minimum absolute atomic E-state index is 0.138. The zero-order valence-electron chi connectivity index (χ0n) is 12.9. The number of aryl methyl sites for hydroxylation is 1. The molecule has 1 N–H and O–H groups in total. The fraction of sp³-hybridized carbons (Fsp3) is 0.429. The van der Waals surface area contributed by atoms with E-state index in [0.29, 0.717) is 5.56 Å². The molecule has 1 unspecified atom stereocenters. The molecule has 0 aromatic heterocycles. The lowest BCUT2D eigenvalue weighted by atomic mass is 10.1. The molecule has 0 aliphatic heterocycles. The third-order valence-electron chi connectivity index (χ3n) is 3.28. The molecule has 122 valence electrons. The van der Waals surface area contributed by atoms with E-state index in [9.17, 15) is 18.0 Å². The van der Waals surface area contributed by atoms with E-state index in [-0.39, 0.29) is 17.1 Å². The number of carboxylic acids is 1. The first-order valence-corrected chi connectivity index (χ1v) is 8.05. The largest absolute Gasteiger partial charge is 0.480 e.